The van der Waals surface area contributed by atoms with Crippen molar-refractivity contribution in [2.45, 2.75) is 0 Å². The van der Waals surface area contributed by atoms with E-state index >= 15 is 0 Å². The Morgan fingerprint density at radius 2 is 0.873 bits per heavy atom. The van der Waals surface area contributed by atoms with E-state index in [4.69, 9.17) is 9.97 Å². The summed E-state index contributed by atoms with van der Waals surface area (Å²) in [6.07, 6.45) is 0. The van der Waals surface area contributed by atoms with Crippen LogP contribution in [0.3, 0.4) is 0 Å². The lowest BCUT2D eigenvalue weighted by molar-refractivity contribution is 1.01. The van der Waals surface area contributed by atoms with E-state index in [0.29, 0.717) is 5.95 Å². The smallest absolute Gasteiger partial charge is 0.235 e. The standard InChI is InChI=1S/C50H30N4S/c1-2-12-31(13-3-1)49-38-17-4-8-18-42(38)51-50(52-49)54-45-21-11-7-16-37(45)39-28-32(22-25-46(39)54)33-23-26-47-40(29-33)41-30-34(24-27-48(41)55-47)53-43-19-9-5-14-35(43)36-15-6-10-20-44(36)53/h1-30H. The first-order chi connectivity index (χ1) is 27.3. The van der Waals surface area contributed by atoms with Crippen molar-refractivity contribution in [2.75, 3.05) is 0 Å². The van der Waals surface area contributed by atoms with Gasteiger partial charge in [0.1, 0.15) is 0 Å². The summed E-state index contributed by atoms with van der Waals surface area (Å²) in [5, 5.41) is 8.50. The fraction of sp³-hybridized carbons (Fsp3) is 0. The van der Waals surface area contributed by atoms with Gasteiger partial charge in [-0.1, -0.05) is 115 Å². The molecule has 0 aliphatic rings. The number of hydrogen-bond donors (Lipinski definition) is 0. The average Bonchev–Trinajstić information content (AvgIpc) is 3.90. The van der Waals surface area contributed by atoms with E-state index in [1.807, 2.05) is 23.5 Å². The third kappa shape index (κ3) is 4.57. The minimum atomic E-state index is 0.668. The normalized spacial score (nSPS) is 12.0. The van der Waals surface area contributed by atoms with Crippen LogP contribution in [0.2, 0.25) is 0 Å². The Balaban J connectivity index is 1.03. The summed E-state index contributed by atoms with van der Waals surface area (Å²) in [5.41, 5.74) is 11.1. The van der Waals surface area contributed by atoms with Gasteiger partial charge in [-0.3, -0.25) is 4.57 Å². The molecule has 0 fully saturated rings. The second kappa shape index (κ2) is 11.7. The molecule has 0 aliphatic carbocycles. The Labute approximate surface area is 319 Å². The molecule has 4 nitrogen and oxygen atoms in total. The second-order valence-corrected chi connectivity index (χ2v) is 15.3. The maximum Gasteiger partial charge on any atom is 0.235 e. The first kappa shape index (κ1) is 30.4. The Morgan fingerprint density at radius 1 is 0.345 bits per heavy atom. The van der Waals surface area contributed by atoms with Crippen molar-refractivity contribution in [2.24, 2.45) is 0 Å². The molecule has 4 heterocycles. The predicted octanol–water partition coefficient (Wildman–Crippen LogP) is 13.5. The third-order valence-electron chi connectivity index (χ3n) is 11.1. The molecule has 8 aromatic carbocycles. The molecule has 0 spiro atoms. The van der Waals surface area contributed by atoms with Crippen molar-refractivity contribution in [1.82, 2.24) is 19.1 Å². The van der Waals surface area contributed by atoms with Crippen LogP contribution in [0.4, 0.5) is 0 Å². The highest BCUT2D eigenvalue weighted by molar-refractivity contribution is 7.25. The summed E-state index contributed by atoms with van der Waals surface area (Å²) in [5.74, 6) is 0.668. The predicted molar refractivity (Wildman–Crippen MR) is 232 cm³/mol. The van der Waals surface area contributed by atoms with Crippen molar-refractivity contribution >= 4 is 86.0 Å². The van der Waals surface area contributed by atoms with Crippen molar-refractivity contribution < 1.29 is 0 Å². The van der Waals surface area contributed by atoms with Crippen LogP contribution in [0.1, 0.15) is 0 Å². The van der Waals surface area contributed by atoms with Crippen molar-refractivity contribution in [3.8, 4) is 34.0 Å². The van der Waals surface area contributed by atoms with E-state index < -0.39 is 0 Å². The van der Waals surface area contributed by atoms with Gasteiger partial charge >= 0.3 is 0 Å². The van der Waals surface area contributed by atoms with Gasteiger partial charge in [0, 0.05) is 58.4 Å². The topological polar surface area (TPSA) is 35.6 Å². The zero-order valence-electron chi connectivity index (χ0n) is 29.5. The molecule has 0 aliphatic heterocycles. The van der Waals surface area contributed by atoms with Crippen LogP contribution < -0.4 is 0 Å². The number of aromatic nitrogens is 4. The zero-order valence-corrected chi connectivity index (χ0v) is 30.3. The number of hydrogen-bond acceptors (Lipinski definition) is 3. The minimum absolute atomic E-state index is 0.668. The van der Waals surface area contributed by atoms with Crippen LogP contribution in [0.15, 0.2) is 182 Å². The van der Waals surface area contributed by atoms with Gasteiger partial charge in [-0.15, -0.1) is 11.3 Å². The van der Waals surface area contributed by atoms with Gasteiger partial charge in [0.05, 0.1) is 33.3 Å². The number of fused-ring (bicyclic) bond motifs is 10. The lowest BCUT2D eigenvalue weighted by atomic mass is 10.0. The monoisotopic (exact) mass is 718 g/mol. The van der Waals surface area contributed by atoms with Gasteiger partial charge in [0.15, 0.2) is 0 Å². The van der Waals surface area contributed by atoms with Crippen LogP contribution in [0.25, 0.3) is 109 Å². The molecule has 0 atom stereocenters. The Hall–Kier alpha value is -7.08. The molecule has 0 N–H and O–H groups in total. The van der Waals surface area contributed by atoms with Gasteiger partial charge in [0.2, 0.25) is 5.95 Å². The number of nitrogens with zero attached hydrogens (tertiary/aromatic N) is 4. The van der Waals surface area contributed by atoms with Crippen LogP contribution >= 0.6 is 11.3 Å². The highest BCUT2D eigenvalue weighted by atomic mass is 32.1. The SMILES string of the molecule is c1ccc(-c2nc(-n3c4ccccc4c4cc(-c5ccc6sc7ccc(-n8c9ccccc9c9ccccc98)cc7c6c5)ccc43)nc3ccccc23)cc1. The molecule has 0 saturated heterocycles. The minimum Gasteiger partial charge on any atom is -0.309 e. The maximum atomic E-state index is 5.26. The number of benzene rings is 8. The van der Waals surface area contributed by atoms with Crippen molar-refractivity contribution in [3.63, 3.8) is 0 Å². The molecular formula is C50H30N4S. The van der Waals surface area contributed by atoms with E-state index in [1.165, 1.54) is 69.6 Å². The number of thiophene rings is 1. The second-order valence-electron chi connectivity index (χ2n) is 14.2. The fourth-order valence-corrected chi connectivity index (χ4v) is 9.70. The van der Waals surface area contributed by atoms with E-state index in [-0.39, 0.29) is 0 Å². The largest absolute Gasteiger partial charge is 0.309 e. The Bertz CT molecular complexity index is 3440. The van der Waals surface area contributed by atoms with Gasteiger partial charge in [-0.25, -0.2) is 9.97 Å². The van der Waals surface area contributed by atoms with Gasteiger partial charge in [0.25, 0.3) is 0 Å². The molecular weight excluding hydrogens is 689 g/mol. The molecule has 0 unspecified atom stereocenters. The molecule has 55 heavy (non-hydrogen) atoms. The molecule has 0 saturated carbocycles. The summed E-state index contributed by atoms with van der Waals surface area (Å²) < 4.78 is 7.21. The third-order valence-corrected chi connectivity index (χ3v) is 12.3. The summed E-state index contributed by atoms with van der Waals surface area (Å²) in [7, 11) is 0. The summed E-state index contributed by atoms with van der Waals surface area (Å²) in [6, 6.07) is 65.4. The van der Waals surface area contributed by atoms with Crippen molar-refractivity contribution in [1.29, 1.82) is 0 Å². The van der Waals surface area contributed by atoms with E-state index in [1.54, 1.807) is 0 Å². The number of para-hydroxylation sites is 4. The Kier molecular flexibility index (Phi) is 6.47. The maximum absolute atomic E-state index is 5.26. The summed E-state index contributed by atoms with van der Waals surface area (Å²) in [4.78, 5) is 10.4. The Morgan fingerprint density at radius 3 is 1.60 bits per heavy atom. The van der Waals surface area contributed by atoms with Crippen LogP contribution in [0, 0.1) is 0 Å². The van der Waals surface area contributed by atoms with Crippen LogP contribution in [-0.4, -0.2) is 19.1 Å². The lowest BCUT2D eigenvalue weighted by Gasteiger charge is -2.12. The molecule has 0 amide bonds. The van der Waals surface area contributed by atoms with E-state index in [0.717, 1.165) is 33.2 Å². The van der Waals surface area contributed by atoms with E-state index in [9.17, 15) is 0 Å². The summed E-state index contributed by atoms with van der Waals surface area (Å²) >= 11 is 1.86. The number of rotatable bonds is 4. The summed E-state index contributed by atoms with van der Waals surface area (Å²) in [6.45, 7) is 0. The molecule has 256 valence electrons. The highest BCUT2D eigenvalue weighted by Gasteiger charge is 2.19. The van der Waals surface area contributed by atoms with Gasteiger partial charge in [-0.05, 0) is 77.9 Å². The average molecular weight is 719 g/mol. The first-order valence-corrected chi connectivity index (χ1v) is 19.4. The van der Waals surface area contributed by atoms with Crippen molar-refractivity contribution in [3.05, 3.63) is 182 Å². The molecule has 12 aromatic rings. The quantitative estimate of drug-likeness (QED) is 0.182. The lowest BCUT2D eigenvalue weighted by Crippen LogP contribution is -2.03. The molecule has 0 radical (unpaired) electrons. The molecule has 5 heteroatoms. The highest BCUT2D eigenvalue weighted by Crippen LogP contribution is 2.41. The van der Waals surface area contributed by atoms with Crippen LogP contribution in [0.5, 0.6) is 0 Å². The molecule has 0 bridgehead atoms. The van der Waals surface area contributed by atoms with Crippen LogP contribution in [-0.2, 0) is 0 Å². The van der Waals surface area contributed by atoms with E-state index in [2.05, 4.69) is 179 Å². The zero-order chi connectivity index (χ0) is 36.0. The van der Waals surface area contributed by atoms with Gasteiger partial charge < -0.3 is 4.57 Å². The fourth-order valence-electron chi connectivity index (χ4n) is 8.63. The molecule has 12 rings (SSSR count). The molecule has 4 aromatic heterocycles. The first-order valence-electron chi connectivity index (χ1n) is 18.6. The van der Waals surface area contributed by atoms with Gasteiger partial charge in [-0.2, -0.15) is 0 Å².